The van der Waals surface area contributed by atoms with Crippen LogP contribution >= 0.6 is 23.1 Å². The van der Waals surface area contributed by atoms with E-state index in [1.54, 1.807) is 11.8 Å². The number of hydrogen-bond donors (Lipinski definition) is 0. The second-order valence-corrected chi connectivity index (χ2v) is 9.59. The second kappa shape index (κ2) is 8.93. The number of rotatable bonds is 7. The van der Waals surface area contributed by atoms with E-state index in [4.69, 9.17) is 0 Å². The molecule has 0 spiro atoms. The van der Waals surface area contributed by atoms with Crippen molar-refractivity contribution in [1.29, 1.82) is 0 Å². The number of thiophene rings is 1. The number of benzene rings is 2. The molecule has 2 aromatic carbocycles. The zero-order valence-corrected chi connectivity index (χ0v) is 18.0. The second-order valence-electron chi connectivity index (χ2n) is 7.30. The third-order valence-electron chi connectivity index (χ3n) is 5.15. The van der Waals surface area contributed by atoms with E-state index in [0.29, 0.717) is 0 Å². The minimum Gasteiger partial charge on any atom is -0.250 e. The first-order chi connectivity index (χ1) is 13.7. The molecule has 0 radical (unpaired) electrons. The molecule has 4 rings (SSSR count). The van der Waals surface area contributed by atoms with Crippen LogP contribution < -0.4 is 0 Å². The van der Waals surface area contributed by atoms with Gasteiger partial charge in [-0.3, -0.25) is 0 Å². The van der Waals surface area contributed by atoms with Gasteiger partial charge in [-0.1, -0.05) is 80.6 Å². The maximum absolute atomic E-state index is 4.53. The van der Waals surface area contributed by atoms with Crippen molar-refractivity contribution in [3.63, 3.8) is 0 Å². The van der Waals surface area contributed by atoms with E-state index in [2.05, 4.69) is 79.5 Å². The predicted octanol–water partition coefficient (Wildman–Crippen LogP) is 7.63. The monoisotopic (exact) mass is 403 g/mol. The van der Waals surface area contributed by atoms with Crippen LogP contribution in [0.5, 0.6) is 0 Å². The van der Waals surface area contributed by atoms with Crippen LogP contribution in [0.2, 0.25) is 0 Å². The van der Waals surface area contributed by atoms with Gasteiger partial charge in [-0.2, -0.15) is 0 Å². The van der Waals surface area contributed by atoms with Crippen LogP contribution in [-0.2, 0) is 12.8 Å². The molecular weight excluding hydrogens is 378 g/mol. The van der Waals surface area contributed by atoms with E-state index in [9.17, 15) is 0 Å². The highest BCUT2D eigenvalue weighted by Crippen LogP contribution is 2.38. The van der Waals surface area contributed by atoms with Gasteiger partial charge < -0.3 is 0 Å². The fourth-order valence-electron chi connectivity index (χ4n) is 3.40. The minimum absolute atomic E-state index is 0.719. The Morgan fingerprint density at radius 1 is 1.00 bits per heavy atom. The molecule has 4 aromatic rings. The highest BCUT2D eigenvalue weighted by Gasteiger charge is 2.14. The molecule has 2 aromatic heterocycles. The Bertz CT molecular complexity index is 1050. The molecule has 2 heterocycles. The molecule has 1 atom stereocenters. The van der Waals surface area contributed by atoms with Crippen molar-refractivity contribution in [2.45, 2.75) is 43.0 Å². The largest absolute Gasteiger partial charge is 0.250 e. The lowest BCUT2D eigenvalue weighted by molar-refractivity contribution is 0.564. The summed E-state index contributed by atoms with van der Waals surface area (Å²) in [4.78, 5) is 8.82. The third-order valence-corrected chi connectivity index (χ3v) is 7.47. The molecule has 0 saturated carbocycles. The van der Waals surface area contributed by atoms with Crippen molar-refractivity contribution in [3.05, 3.63) is 88.2 Å². The number of hydrogen-bond acceptors (Lipinski definition) is 3. The van der Waals surface area contributed by atoms with Crippen LogP contribution in [0.1, 0.15) is 35.6 Å². The topological polar surface area (TPSA) is 12.9 Å². The fourth-order valence-corrected chi connectivity index (χ4v) is 5.85. The van der Waals surface area contributed by atoms with Gasteiger partial charge in [0.2, 0.25) is 0 Å². The summed E-state index contributed by atoms with van der Waals surface area (Å²) in [5.41, 5.74) is 1.40. The molecule has 0 amide bonds. The average molecular weight is 404 g/mol. The lowest BCUT2D eigenvalue weighted by Gasteiger charge is -2.07. The standard InChI is InChI=1S/C25H25NS2/c1-3-18(2)15-21-17-24(28-25-13-6-7-14-26-25)23(27-21)16-20-11-8-10-19-9-4-5-12-22(19)20/h4-14,17-18H,3,15-16H2,1-2H3. The van der Waals surface area contributed by atoms with Crippen molar-refractivity contribution in [2.75, 3.05) is 0 Å². The molecule has 1 nitrogen and oxygen atoms in total. The molecule has 0 saturated heterocycles. The summed E-state index contributed by atoms with van der Waals surface area (Å²) in [6.45, 7) is 4.62. The van der Waals surface area contributed by atoms with Gasteiger partial charge in [-0.05, 0) is 46.9 Å². The van der Waals surface area contributed by atoms with Crippen molar-refractivity contribution < 1.29 is 0 Å². The lowest BCUT2D eigenvalue weighted by Crippen LogP contribution is -1.94. The van der Waals surface area contributed by atoms with E-state index < -0.39 is 0 Å². The lowest BCUT2D eigenvalue weighted by atomic mass is 10.0. The van der Waals surface area contributed by atoms with E-state index in [1.165, 1.54) is 37.4 Å². The van der Waals surface area contributed by atoms with Crippen molar-refractivity contribution in [1.82, 2.24) is 4.98 Å². The molecule has 0 aliphatic rings. The zero-order valence-electron chi connectivity index (χ0n) is 16.4. The maximum atomic E-state index is 4.53. The van der Waals surface area contributed by atoms with Gasteiger partial charge in [0.15, 0.2) is 0 Å². The van der Waals surface area contributed by atoms with Crippen LogP contribution in [0.3, 0.4) is 0 Å². The summed E-state index contributed by atoms with van der Waals surface area (Å²) in [5.74, 6) is 0.719. The SMILES string of the molecule is CCC(C)Cc1cc(Sc2ccccn2)c(Cc2cccc3ccccc23)s1. The summed E-state index contributed by atoms with van der Waals surface area (Å²) in [7, 11) is 0. The minimum atomic E-state index is 0.719. The summed E-state index contributed by atoms with van der Waals surface area (Å²) >= 11 is 3.77. The summed E-state index contributed by atoms with van der Waals surface area (Å²) in [5, 5.41) is 3.74. The Kier molecular flexibility index (Phi) is 6.13. The van der Waals surface area contributed by atoms with Crippen LogP contribution in [0.25, 0.3) is 10.8 Å². The quantitative estimate of drug-likeness (QED) is 0.315. The highest BCUT2D eigenvalue weighted by atomic mass is 32.2. The molecular formula is C25H25NS2. The number of fused-ring (bicyclic) bond motifs is 1. The summed E-state index contributed by atoms with van der Waals surface area (Å²) in [6, 6.07) is 23.9. The Morgan fingerprint density at radius 3 is 2.64 bits per heavy atom. The third kappa shape index (κ3) is 4.48. The summed E-state index contributed by atoms with van der Waals surface area (Å²) < 4.78 is 0. The van der Waals surface area contributed by atoms with Crippen LogP contribution in [-0.4, -0.2) is 4.98 Å². The van der Waals surface area contributed by atoms with Crippen LogP contribution in [0.4, 0.5) is 0 Å². The normalized spacial score (nSPS) is 12.4. The molecule has 142 valence electrons. The van der Waals surface area contributed by atoms with Crippen molar-refractivity contribution in [2.24, 2.45) is 5.92 Å². The van der Waals surface area contributed by atoms with Gasteiger partial charge in [0.1, 0.15) is 5.03 Å². The number of aromatic nitrogens is 1. The molecule has 28 heavy (non-hydrogen) atoms. The molecule has 0 aliphatic carbocycles. The first kappa shape index (κ1) is 19.2. The van der Waals surface area contributed by atoms with Gasteiger partial charge in [0.05, 0.1) is 0 Å². The predicted molar refractivity (Wildman–Crippen MR) is 123 cm³/mol. The highest BCUT2D eigenvalue weighted by molar-refractivity contribution is 7.99. The van der Waals surface area contributed by atoms with Gasteiger partial charge in [-0.25, -0.2) is 4.98 Å². The van der Waals surface area contributed by atoms with Crippen LogP contribution in [0.15, 0.2) is 82.8 Å². The number of nitrogens with zero attached hydrogens (tertiary/aromatic N) is 1. The van der Waals surface area contributed by atoms with E-state index in [1.807, 2.05) is 23.6 Å². The smallest absolute Gasteiger partial charge is 0.101 e. The Hall–Kier alpha value is -2.10. The van der Waals surface area contributed by atoms with Crippen molar-refractivity contribution >= 4 is 33.9 Å². The molecule has 0 fully saturated rings. The first-order valence-corrected chi connectivity index (χ1v) is 11.5. The van der Waals surface area contributed by atoms with E-state index in [0.717, 1.165) is 23.8 Å². The van der Waals surface area contributed by atoms with Gasteiger partial charge in [0.25, 0.3) is 0 Å². The molecule has 0 aliphatic heterocycles. The maximum Gasteiger partial charge on any atom is 0.101 e. The summed E-state index contributed by atoms with van der Waals surface area (Å²) in [6.07, 6.45) is 5.23. The Labute approximate surface area is 175 Å². The average Bonchev–Trinajstić information content (AvgIpc) is 3.09. The molecule has 0 N–H and O–H groups in total. The van der Waals surface area contributed by atoms with E-state index >= 15 is 0 Å². The fraction of sp³-hybridized carbons (Fsp3) is 0.240. The van der Waals surface area contributed by atoms with Gasteiger partial charge >= 0.3 is 0 Å². The molecule has 0 bridgehead atoms. The number of pyridine rings is 1. The van der Waals surface area contributed by atoms with Gasteiger partial charge in [0, 0.05) is 27.3 Å². The molecule has 3 heteroatoms. The van der Waals surface area contributed by atoms with Gasteiger partial charge in [-0.15, -0.1) is 11.3 Å². The van der Waals surface area contributed by atoms with Crippen LogP contribution in [0, 0.1) is 5.92 Å². The first-order valence-electron chi connectivity index (χ1n) is 9.90. The van der Waals surface area contributed by atoms with E-state index in [-0.39, 0.29) is 0 Å². The Morgan fingerprint density at radius 2 is 1.82 bits per heavy atom. The Balaban J connectivity index is 1.69. The zero-order chi connectivity index (χ0) is 19.3. The van der Waals surface area contributed by atoms with Crippen molar-refractivity contribution in [3.8, 4) is 0 Å². The molecule has 1 unspecified atom stereocenters.